The number of piperidine rings is 1. The van der Waals surface area contributed by atoms with Crippen LogP contribution >= 0.6 is 0 Å². The number of imide groups is 1. The van der Waals surface area contributed by atoms with Crippen LogP contribution in [0.4, 0.5) is 5.69 Å². The molecule has 158 valence electrons. The van der Waals surface area contributed by atoms with Gasteiger partial charge >= 0.3 is 0 Å². The van der Waals surface area contributed by atoms with Crippen LogP contribution in [0.2, 0.25) is 0 Å². The number of benzene rings is 1. The Labute approximate surface area is 177 Å². The summed E-state index contributed by atoms with van der Waals surface area (Å²) in [7, 11) is 1.73. The molecule has 2 heterocycles. The molecule has 2 aliphatic heterocycles. The second kappa shape index (κ2) is 7.56. The molecule has 6 nitrogen and oxygen atoms in total. The largest absolute Gasteiger partial charge is 0.372 e. The molecule has 1 aromatic carbocycles. The number of carbonyl (C=O) groups excluding carboxylic acids is 3. The fourth-order valence-electron chi connectivity index (χ4n) is 5.70. The number of fused-ring (bicyclic) bond motifs is 5. The van der Waals surface area contributed by atoms with E-state index in [2.05, 4.69) is 41.3 Å². The number of hydrogen-bond acceptors (Lipinski definition) is 4. The highest BCUT2D eigenvalue weighted by molar-refractivity contribution is 6.08. The summed E-state index contributed by atoms with van der Waals surface area (Å²) in [6.45, 7) is 2.53. The molecule has 1 saturated carbocycles. The van der Waals surface area contributed by atoms with Gasteiger partial charge in [0, 0.05) is 32.4 Å². The minimum atomic E-state index is -0.243. The smallest absolute Gasteiger partial charge is 0.242 e. The minimum Gasteiger partial charge on any atom is -0.372 e. The number of likely N-dealkylation sites (N-methyl/N-ethyl adjacent to an activating group) is 1. The highest BCUT2D eigenvalue weighted by atomic mass is 16.2. The van der Waals surface area contributed by atoms with Crippen LogP contribution in [0, 0.1) is 23.7 Å². The molecular weight excluding hydrogens is 378 g/mol. The maximum atomic E-state index is 12.8. The van der Waals surface area contributed by atoms with Gasteiger partial charge in [-0.05, 0) is 55.2 Å². The highest BCUT2D eigenvalue weighted by Gasteiger charge is 2.59. The van der Waals surface area contributed by atoms with E-state index in [0.717, 1.165) is 25.1 Å². The van der Waals surface area contributed by atoms with Crippen LogP contribution in [0.5, 0.6) is 0 Å². The first-order valence-corrected chi connectivity index (χ1v) is 11.1. The molecule has 4 aliphatic rings. The SMILES string of the molecule is CN(Cc1ccc(N2CCCCC2)cc1)C(=O)CN1C(=O)C2C3C=CC(C3)C2C1=O. The average molecular weight is 408 g/mol. The lowest BCUT2D eigenvalue weighted by Gasteiger charge is -2.29. The van der Waals surface area contributed by atoms with Gasteiger partial charge in [0.25, 0.3) is 0 Å². The number of anilines is 1. The molecular formula is C24H29N3O3. The van der Waals surface area contributed by atoms with Crippen LogP contribution in [-0.4, -0.2) is 54.2 Å². The van der Waals surface area contributed by atoms with Gasteiger partial charge in [-0.25, -0.2) is 0 Å². The topological polar surface area (TPSA) is 60.9 Å². The second-order valence-corrected chi connectivity index (χ2v) is 9.23. The molecule has 2 aliphatic carbocycles. The monoisotopic (exact) mass is 407 g/mol. The van der Waals surface area contributed by atoms with Crippen molar-refractivity contribution < 1.29 is 14.4 Å². The molecule has 1 aromatic rings. The first-order valence-electron chi connectivity index (χ1n) is 11.1. The van der Waals surface area contributed by atoms with Crippen LogP contribution in [0.1, 0.15) is 31.2 Å². The van der Waals surface area contributed by atoms with Gasteiger partial charge in [-0.15, -0.1) is 0 Å². The third-order valence-corrected chi connectivity index (χ3v) is 7.36. The summed E-state index contributed by atoms with van der Waals surface area (Å²) in [6.07, 6.45) is 8.84. The highest BCUT2D eigenvalue weighted by Crippen LogP contribution is 2.52. The molecule has 0 radical (unpaired) electrons. The molecule has 0 aromatic heterocycles. The van der Waals surface area contributed by atoms with E-state index in [0.29, 0.717) is 6.54 Å². The standard InChI is InChI=1S/C24H29N3O3/c1-25(14-16-5-9-19(10-6-16)26-11-3-2-4-12-26)20(28)15-27-23(29)21-17-7-8-18(13-17)22(21)24(27)30/h5-10,17-18,21-22H,2-4,11-15H2,1H3. The third kappa shape index (κ3) is 3.22. The first kappa shape index (κ1) is 19.3. The van der Waals surface area contributed by atoms with E-state index in [4.69, 9.17) is 0 Å². The lowest BCUT2D eigenvalue weighted by Crippen LogP contribution is -2.42. The Morgan fingerprint density at radius 3 is 2.17 bits per heavy atom. The number of nitrogens with zero attached hydrogens (tertiary/aromatic N) is 3. The van der Waals surface area contributed by atoms with Crippen molar-refractivity contribution in [2.45, 2.75) is 32.2 Å². The summed E-state index contributed by atoms with van der Waals surface area (Å²) in [6, 6.07) is 8.37. The number of carbonyl (C=O) groups is 3. The Morgan fingerprint density at radius 2 is 1.57 bits per heavy atom. The molecule has 2 bridgehead atoms. The second-order valence-electron chi connectivity index (χ2n) is 9.23. The van der Waals surface area contributed by atoms with Crippen molar-refractivity contribution >= 4 is 23.4 Å². The fraction of sp³-hybridized carbons (Fsp3) is 0.542. The predicted octanol–water partition coefficient (Wildman–Crippen LogP) is 2.44. The molecule has 3 amide bonds. The first-order chi connectivity index (χ1) is 14.5. The Hall–Kier alpha value is -2.63. The number of allylic oxidation sites excluding steroid dienone is 2. The molecule has 0 N–H and O–H groups in total. The van der Waals surface area contributed by atoms with Crippen molar-refractivity contribution in [1.29, 1.82) is 0 Å². The predicted molar refractivity (Wildman–Crippen MR) is 113 cm³/mol. The van der Waals surface area contributed by atoms with Gasteiger partial charge in [0.2, 0.25) is 17.7 Å². The quantitative estimate of drug-likeness (QED) is 0.556. The fourth-order valence-corrected chi connectivity index (χ4v) is 5.70. The summed E-state index contributed by atoms with van der Waals surface area (Å²) in [5.41, 5.74) is 2.28. The molecule has 4 atom stereocenters. The Kier molecular flexibility index (Phi) is 4.88. The molecule has 4 unspecified atom stereocenters. The zero-order valence-corrected chi connectivity index (χ0v) is 17.5. The van der Waals surface area contributed by atoms with E-state index in [1.165, 1.54) is 29.8 Å². The molecule has 5 rings (SSSR count). The Bertz CT molecular complexity index is 857. The minimum absolute atomic E-state index is 0.146. The third-order valence-electron chi connectivity index (χ3n) is 7.36. The summed E-state index contributed by atoms with van der Waals surface area (Å²) in [5, 5.41) is 0. The van der Waals surface area contributed by atoms with Crippen molar-refractivity contribution in [3.63, 3.8) is 0 Å². The van der Waals surface area contributed by atoms with Gasteiger partial charge in [-0.3, -0.25) is 19.3 Å². The number of rotatable bonds is 5. The van der Waals surface area contributed by atoms with Gasteiger partial charge in [0.05, 0.1) is 11.8 Å². The van der Waals surface area contributed by atoms with E-state index >= 15 is 0 Å². The number of hydrogen-bond donors (Lipinski definition) is 0. The van der Waals surface area contributed by atoms with Gasteiger partial charge in [-0.1, -0.05) is 24.3 Å². The van der Waals surface area contributed by atoms with Crippen LogP contribution in [0.3, 0.4) is 0 Å². The van der Waals surface area contributed by atoms with E-state index in [1.807, 2.05) is 0 Å². The van der Waals surface area contributed by atoms with E-state index < -0.39 is 0 Å². The summed E-state index contributed by atoms with van der Waals surface area (Å²) < 4.78 is 0. The van der Waals surface area contributed by atoms with E-state index in [-0.39, 0.29) is 47.9 Å². The van der Waals surface area contributed by atoms with E-state index in [1.54, 1.807) is 11.9 Å². The van der Waals surface area contributed by atoms with Crippen LogP contribution in [0.15, 0.2) is 36.4 Å². The molecule has 0 spiro atoms. The van der Waals surface area contributed by atoms with Crippen molar-refractivity contribution in [3.05, 3.63) is 42.0 Å². The van der Waals surface area contributed by atoms with E-state index in [9.17, 15) is 14.4 Å². The Balaban J connectivity index is 1.19. The number of amides is 3. The summed E-state index contributed by atoms with van der Waals surface area (Å²) >= 11 is 0. The van der Waals surface area contributed by atoms with Gasteiger partial charge in [0.15, 0.2) is 0 Å². The normalized spacial score (nSPS) is 29.6. The number of likely N-dealkylation sites (tertiary alicyclic amines) is 1. The molecule has 3 fully saturated rings. The van der Waals surface area contributed by atoms with Crippen molar-refractivity contribution in [2.75, 3.05) is 31.6 Å². The zero-order chi connectivity index (χ0) is 20.8. The van der Waals surface area contributed by atoms with Crippen molar-refractivity contribution in [3.8, 4) is 0 Å². The van der Waals surface area contributed by atoms with Crippen molar-refractivity contribution in [2.24, 2.45) is 23.7 Å². The molecule has 30 heavy (non-hydrogen) atoms. The lowest BCUT2D eigenvalue weighted by atomic mass is 9.85. The molecule has 2 saturated heterocycles. The van der Waals surface area contributed by atoms with Gasteiger partial charge in [-0.2, -0.15) is 0 Å². The van der Waals surface area contributed by atoms with Crippen LogP contribution < -0.4 is 4.90 Å². The maximum absolute atomic E-state index is 12.8. The summed E-state index contributed by atoms with van der Waals surface area (Å²) in [5.74, 6) is -0.651. The molecule has 6 heteroatoms. The zero-order valence-electron chi connectivity index (χ0n) is 17.5. The van der Waals surface area contributed by atoms with Gasteiger partial charge < -0.3 is 9.80 Å². The van der Waals surface area contributed by atoms with Crippen LogP contribution in [-0.2, 0) is 20.9 Å². The van der Waals surface area contributed by atoms with Crippen molar-refractivity contribution in [1.82, 2.24) is 9.80 Å². The maximum Gasteiger partial charge on any atom is 0.242 e. The average Bonchev–Trinajstić information content (AvgIpc) is 3.45. The Morgan fingerprint density at radius 1 is 0.967 bits per heavy atom. The summed E-state index contributed by atoms with van der Waals surface area (Å²) in [4.78, 5) is 43.6. The van der Waals surface area contributed by atoms with Gasteiger partial charge in [0.1, 0.15) is 6.54 Å². The lowest BCUT2D eigenvalue weighted by molar-refractivity contribution is -0.146. The van der Waals surface area contributed by atoms with Crippen LogP contribution in [0.25, 0.3) is 0 Å².